The molecule has 0 saturated heterocycles. The third-order valence-electron chi connectivity index (χ3n) is 4.69. The Kier molecular flexibility index (Phi) is 4.32. The highest BCUT2D eigenvalue weighted by molar-refractivity contribution is 6.07. The Morgan fingerprint density at radius 1 is 1.07 bits per heavy atom. The van der Waals surface area contributed by atoms with Crippen LogP contribution >= 0.6 is 0 Å². The summed E-state index contributed by atoms with van der Waals surface area (Å²) in [6.07, 6.45) is 1.89. The molecule has 2 aromatic carbocycles. The van der Waals surface area contributed by atoms with E-state index in [-0.39, 0.29) is 23.5 Å². The number of benzene rings is 2. The van der Waals surface area contributed by atoms with Crippen molar-refractivity contribution in [1.29, 1.82) is 0 Å². The Labute approximate surface area is 156 Å². The van der Waals surface area contributed by atoms with Gasteiger partial charge in [-0.25, -0.2) is 0 Å². The number of amides is 2. The third-order valence-corrected chi connectivity index (χ3v) is 4.69. The van der Waals surface area contributed by atoms with E-state index in [4.69, 9.17) is 9.15 Å². The summed E-state index contributed by atoms with van der Waals surface area (Å²) in [7, 11) is 1.60. The molecule has 0 spiro atoms. The van der Waals surface area contributed by atoms with Gasteiger partial charge in [0.2, 0.25) is 5.91 Å². The minimum absolute atomic E-state index is 0.0283. The molecule has 0 aliphatic heterocycles. The molecule has 6 heteroatoms. The van der Waals surface area contributed by atoms with Crippen molar-refractivity contribution >= 4 is 34.2 Å². The summed E-state index contributed by atoms with van der Waals surface area (Å²) < 4.78 is 11.0. The normalized spacial score (nSPS) is 13.4. The van der Waals surface area contributed by atoms with E-state index < -0.39 is 0 Å². The summed E-state index contributed by atoms with van der Waals surface area (Å²) in [5.41, 5.74) is 2.63. The van der Waals surface area contributed by atoms with Crippen molar-refractivity contribution in [2.45, 2.75) is 19.8 Å². The first-order valence-electron chi connectivity index (χ1n) is 8.84. The molecule has 0 bridgehead atoms. The lowest BCUT2D eigenvalue weighted by molar-refractivity contribution is -0.117. The third kappa shape index (κ3) is 3.51. The van der Waals surface area contributed by atoms with E-state index in [1.54, 1.807) is 43.5 Å². The van der Waals surface area contributed by atoms with Crippen molar-refractivity contribution in [2.24, 2.45) is 5.92 Å². The van der Waals surface area contributed by atoms with Crippen molar-refractivity contribution in [3.05, 3.63) is 53.8 Å². The Balaban J connectivity index is 1.54. The molecule has 2 amide bonds. The largest absolute Gasteiger partial charge is 0.497 e. The van der Waals surface area contributed by atoms with Gasteiger partial charge in [0, 0.05) is 28.2 Å². The highest BCUT2D eigenvalue weighted by atomic mass is 16.5. The van der Waals surface area contributed by atoms with Gasteiger partial charge in [0.25, 0.3) is 5.91 Å². The maximum Gasteiger partial charge on any atom is 0.291 e. The fraction of sp³-hybridized carbons (Fsp3) is 0.238. The number of aryl methyl sites for hydroxylation is 1. The van der Waals surface area contributed by atoms with Gasteiger partial charge in [-0.05, 0) is 56.2 Å². The topological polar surface area (TPSA) is 80.6 Å². The summed E-state index contributed by atoms with van der Waals surface area (Å²) in [6.45, 7) is 1.84. The van der Waals surface area contributed by atoms with E-state index in [0.717, 1.165) is 23.8 Å². The molecule has 27 heavy (non-hydrogen) atoms. The highest BCUT2D eigenvalue weighted by Crippen LogP contribution is 2.31. The average molecular weight is 364 g/mol. The molecular weight excluding hydrogens is 344 g/mol. The molecule has 1 aliphatic rings. The van der Waals surface area contributed by atoms with Gasteiger partial charge >= 0.3 is 0 Å². The van der Waals surface area contributed by atoms with Crippen molar-refractivity contribution in [3.8, 4) is 5.75 Å². The molecule has 1 fully saturated rings. The molecule has 2 N–H and O–H groups in total. The first-order chi connectivity index (χ1) is 13.0. The number of hydrogen-bond acceptors (Lipinski definition) is 4. The van der Waals surface area contributed by atoms with Gasteiger partial charge in [-0.2, -0.15) is 0 Å². The van der Waals surface area contributed by atoms with Crippen LogP contribution in [-0.4, -0.2) is 18.9 Å². The maximum absolute atomic E-state index is 12.7. The van der Waals surface area contributed by atoms with Crippen molar-refractivity contribution in [2.75, 3.05) is 17.7 Å². The second-order valence-electron chi connectivity index (χ2n) is 6.72. The predicted octanol–water partition coefficient (Wildman–Crippen LogP) is 4.35. The number of methoxy groups -OCH3 is 1. The number of rotatable bonds is 5. The first kappa shape index (κ1) is 17.1. The Morgan fingerprint density at radius 2 is 1.81 bits per heavy atom. The van der Waals surface area contributed by atoms with Crippen LogP contribution in [0.1, 0.15) is 29.0 Å². The summed E-state index contributed by atoms with van der Waals surface area (Å²) in [4.78, 5) is 24.6. The Hall–Kier alpha value is -3.28. The molecule has 1 heterocycles. The van der Waals surface area contributed by atoms with E-state index in [1.165, 1.54) is 0 Å². The molecule has 0 unspecified atom stereocenters. The van der Waals surface area contributed by atoms with Crippen molar-refractivity contribution in [3.63, 3.8) is 0 Å². The quantitative estimate of drug-likeness (QED) is 0.705. The van der Waals surface area contributed by atoms with Crippen LogP contribution in [0.15, 0.2) is 46.9 Å². The second-order valence-corrected chi connectivity index (χ2v) is 6.72. The van der Waals surface area contributed by atoms with Crippen LogP contribution in [0.2, 0.25) is 0 Å². The van der Waals surface area contributed by atoms with Crippen LogP contribution in [0, 0.1) is 12.8 Å². The molecule has 1 aromatic heterocycles. The zero-order valence-corrected chi connectivity index (χ0v) is 15.2. The minimum atomic E-state index is -0.340. The molecular formula is C21H20N2O4. The SMILES string of the molecule is COc1ccc2oc(C(=O)Nc3cccc(NC(=O)C4CC4)c3)c(C)c2c1. The van der Waals surface area contributed by atoms with Crippen molar-refractivity contribution < 1.29 is 18.7 Å². The van der Waals surface area contributed by atoms with Crippen LogP contribution in [0.5, 0.6) is 5.75 Å². The summed E-state index contributed by atoms with van der Waals surface area (Å²) >= 11 is 0. The van der Waals surface area contributed by atoms with Crippen LogP contribution in [0.3, 0.4) is 0 Å². The molecule has 138 valence electrons. The van der Waals surface area contributed by atoms with Crippen LogP contribution < -0.4 is 15.4 Å². The maximum atomic E-state index is 12.7. The Morgan fingerprint density at radius 3 is 2.52 bits per heavy atom. The van der Waals surface area contributed by atoms with E-state index >= 15 is 0 Å². The molecule has 3 aromatic rings. The predicted molar refractivity (Wildman–Crippen MR) is 103 cm³/mol. The van der Waals surface area contributed by atoms with Gasteiger partial charge in [-0.3, -0.25) is 9.59 Å². The lowest BCUT2D eigenvalue weighted by atomic mass is 10.1. The van der Waals surface area contributed by atoms with E-state index in [9.17, 15) is 9.59 Å². The minimum Gasteiger partial charge on any atom is -0.497 e. The lowest BCUT2D eigenvalue weighted by Gasteiger charge is -2.08. The van der Waals surface area contributed by atoms with Gasteiger partial charge in [0.05, 0.1) is 7.11 Å². The first-order valence-corrected chi connectivity index (χ1v) is 8.84. The number of carbonyl (C=O) groups excluding carboxylic acids is 2. The van der Waals surface area contributed by atoms with Crippen LogP contribution in [0.4, 0.5) is 11.4 Å². The molecule has 0 radical (unpaired) electrons. The van der Waals surface area contributed by atoms with Crippen molar-refractivity contribution in [1.82, 2.24) is 0 Å². The monoisotopic (exact) mass is 364 g/mol. The molecule has 6 nitrogen and oxygen atoms in total. The van der Waals surface area contributed by atoms with Gasteiger partial charge < -0.3 is 19.8 Å². The van der Waals surface area contributed by atoms with Crippen LogP contribution in [0.25, 0.3) is 11.0 Å². The number of hydrogen-bond donors (Lipinski definition) is 2. The zero-order valence-electron chi connectivity index (χ0n) is 15.2. The average Bonchev–Trinajstić information content (AvgIpc) is 3.46. The number of carbonyl (C=O) groups is 2. The number of nitrogens with one attached hydrogen (secondary N) is 2. The number of ether oxygens (including phenoxy) is 1. The molecule has 4 rings (SSSR count). The molecule has 1 aliphatic carbocycles. The number of furan rings is 1. The fourth-order valence-electron chi connectivity index (χ4n) is 3.00. The number of anilines is 2. The summed E-state index contributed by atoms with van der Waals surface area (Å²) in [6, 6.07) is 12.5. The molecule has 1 saturated carbocycles. The summed E-state index contributed by atoms with van der Waals surface area (Å²) in [5.74, 6) is 0.774. The van der Waals surface area contributed by atoms with E-state index in [2.05, 4.69) is 10.6 Å². The Bertz CT molecular complexity index is 1030. The zero-order chi connectivity index (χ0) is 19.0. The highest BCUT2D eigenvalue weighted by Gasteiger charge is 2.29. The standard InChI is InChI=1S/C21H20N2O4/c1-12-17-11-16(26-2)8-9-18(17)27-19(12)21(25)23-15-5-3-4-14(10-15)22-20(24)13-6-7-13/h3-5,8-11,13H,6-7H2,1-2H3,(H,22,24)(H,23,25). The second kappa shape index (κ2) is 6.79. The lowest BCUT2D eigenvalue weighted by Crippen LogP contribution is -2.15. The summed E-state index contributed by atoms with van der Waals surface area (Å²) in [5, 5.41) is 6.55. The fourth-order valence-corrected chi connectivity index (χ4v) is 3.00. The van der Waals surface area contributed by atoms with Gasteiger partial charge in [0.1, 0.15) is 11.3 Å². The van der Waals surface area contributed by atoms with E-state index in [1.807, 2.05) is 13.0 Å². The van der Waals surface area contributed by atoms with Crippen LogP contribution in [-0.2, 0) is 4.79 Å². The van der Waals surface area contributed by atoms with Gasteiger partial charge in [0.15, 0.2) is 5.76 Å². The molecule has 0 atom stereocenters. The van der Waals surface area contributed by atoms with E-state index in [0.29, 0.717) is 22.7 Å². The van der Waals surface area contributed by atoms with Gasteiger partial charge in [-0.1, -0.05) is 6.07 Å². The smallest absolute Gasteiger partial charge is 0.291 e. The number of fused-ring (bicyclic) bond motifs is 1. The van der Waals surface area contributed by atoms with Gasteiger partial charge in [-0.15, -0.1) is 0 Å².